The molecule has 0 aliphatic carbocycles. The van der Waals surface area contributed by atoms with E-state index in [1.165, 1.54) is 6.42 Å². The largest absolute Gasteiger partial charge is 0.497 e. The maximum atomic E-state index is 12.4. The fourth-order valence-electron chi connectivity index (χ4n) is 2.51. The van der Waals surface area contributed by atoms with Gasteiger partial charge in [0.25, 0.3) is 0 Å². The lowest BCUT2D eigenvalue weighted by Gasteiger charge is -2.34. The number of likely N-dealkylation sites (tertiary alicyclic amines) is 1. The fourth-order valence-corrected chi connectivity index (χ4v) is 3.18. The van der Waals surface area contributed by atoms with E-state index in [1.807, 2.05) is 29.2 Å². The summed E-state index contributed by atoms with van der Waals surface area (Å²) < 4.78 is 5.12. The van der Waals surface area contributed by atoms with Gasteiger partial charge in [0.05, 0.1) is 13.5 Å². The summed E-state index contributed by atoms with van der Waals surface area (Å²) in [6.45, 7) is 0.894. The molecule has 3 nitrogen and oxygen atoms in total. The quantitative estimate of drug-likeness (QED) is 0.796. The van der Waals surface area contributed by atoms with Gasteiger partial charge in [-0.2, -0.15) is 0 Å². The van der Waals surface area contributed by atoms with E-state index in [1.54, 1.807) is 7.11 Å². The number of methoxy groups -OCH3 is 1. The van der Waals surface area contributed by atoms with Crippen molar-refractivity contribution >= 4 is 21.8 Å². The van der Waals surface area contributed by atoms with Gasteiger partial charge in [0.2, 0.25) is 5.91 Å². The second kappa shape index (κ2) is 6.94. The van der Waals surface area contributed by atoms with Gasteiger partial charge >= 0.3 is 0 Å². The molecule has 0 aromatic heterocycles. The van der Waals surface area contributed by atoms with E-state index < -0.39 is 0 Å². The number of benzene rings is 1. The van der Waals surface area contributed by atoms with Gasteiger partial charge in [0, 0.05) is 17.9 Å². The highest BCUT2D eigenvalue weighted by Gasteiger charge is 2.25. The molecule has 1 amide bonds. The summed E-state index contributed by atoms with van der Waals surface area (Å²) in [4.78, 5) is 14.4. The first-order valence-electron chi connectivity index (χ1n) is 6.73. The lowest BCUT2D eigenvalue weighted by Crippen LogP contribution is -2.45. The van der Waals surface area contributed by atoms with Crippen LogP contribution < -0.4 is 4.74 Å². The first-order valence-corrected chi connectivity index (χ1v) is 7.85. The van der Waals surface area contributed by atoms with Gasteiger partial charge in [0.1, 0.15) is 5.75 Å². The maximum absolute atomic E-state index is 12.4. The molecule has 1 aliphatic heterocycles. The van der Waals surface area contributed by atoms with E-state index in [0.29, 0.717) is 12.5 Å². The molecule has 1 atom stereocenters. The SMILES string of the molecule is COc1ccc(CC(=O)N2CCCCC2CBr)cc1. The van der Waals surface area contributed by atoms with Crippen molar-refractivity contribution in [2.24, 2.45) is 0 Å². The Hall–Kier alpha value is -1.03. The van der Waals surface area contributed by atoms with Gasteiger partial charge < -0.3 is 9.64 Å². The van der Waals surface area contributed by atoms with Gasteiger partial charge in [-0.05, 0) is 37.0 Å². The van der Waals surface area contributed by atoms with Crippen LogP contribution in [0.1, 0.15) is 24.8 Å². The Balaban J connectivity index is 1.98. The summed E-state index contributed by atoms with van der Waals surface area (Å²) in [5.74, 6) is 1.06. The van der Waals surface area contributed by atoms with Gasteiger partial charge in [-0.15, -0.1) is 0 Å². The van der Waals surface area contributed by atoms with Crippen LogP contribution in [-0.4, -0.2) is 35.8 Å². The second-order valence-electron chi connectivity index (χ2n) is 4.92. The minimum absolute atomic E-state index is 0.231. The van der Waals surface area contributed by atoms with Crippen LogP contribution in [0, 0.1) is 0 Å². The molecule has 2 rings (SSSR count). The first kappa shape index (κ1) is 14.4. The van der Waals surface area contributed by atoms with Crippen LogP contribution in [-0.2, 0) is 11.2 Å². The highest BCUT2D eigenvalue weighted by molar-refractivity contribution is 9.09. The zero-order valence-corrected chi connectivity index (χ0v) is 12.9. The van der Waals surface area contributed by atoms with Gasteiger partial charge in [-0.3, -0.25) is 4.79 Å². The minimum Gasteiger partial charge on any atom is -0.497 e. The van der Waals surface area contributed by atoms with Gasteiger partial charge in [-0.1, -0.05) is 28.1 Å². The monoisotopic (exact) mass is 325 g/mol. The Morgan fingerprint density at radius 1 is 1.37 bits per heavy atom. The standard InChI is InChI=1S/C15H20BrNO2/c1-19-14-7-5-12(6-8-14)10-15(18)17-9-3-2-4-13(17)11-16/h5-8,13H,2-4,9-11H2,1H3. The Kier molecular flexibility index (Phi) is 5.25. The summed E-state index contributed by atoms with van der Waals surface area (Å²) in [5.41, 5.74) is 1.05. The smallest absolute Gasteiger partial charge is 0.227 e. The Morgan fingerprint density at radius 3 is 2.74 bits per heavy atom. The molecule has 1 aromatic rings. The number of amides is 1. The van der Waals surface area contributed by atoms with Crippen LogP contribution in [0.15, 0.2) is 24.3 Å². The number of piperidine rings is 1. The summed E-state index contributed by atoms with van der Waals surface area (Å²) in [6.07, 6.45) is 3.94. The van der Waals surface area contributed by atoms with Crippen LogP contribution in [0.25, 0.3) is 0 Å². The molecule has 1 saturated heterocycles. The van der Waals surface area contributed by atoms with E-state index in [2.05, 4.69) is 15.9 Å². The molecule has 0 N–H and O–H groups in total. The third-order valence-corrected chi connectivity index (χ3v) is 4.39. The van der Waals surface area contributed by atoms with Crippen LogP contribution in [0.3, 0.4) is 0 Å². The minimum atomic E-state index is 0.231. The Labute approximate surface area is 123 Å². The molecule has 0 spiro atoms. The third kappa shape index (κ3) is 3.72. The van der Waals surface area contributed by atoms with Crippen molar-refractivity contribution in [2.45, 2.75) is 31.7 Å². The number of carbonyl (C=O) groups excluding carboxylic acids is 1. The van der Waals surface area contributed by atoms with E-state index in [9.17, 15) is 4.79 Å². The van der Waals surface area contributed by atoms with Crippen molar-refractivity contribution in [3.05, 3.63) is 29.8 Å². The number of ether oxygens (including phenoxy) is 1. The van der Waals surface area contributed by atoms with E-state index in [0.717, 1.165) is 36.0 Å². The van der Waals surface area contributed by atoms with Gasteiger partial charge in [-0.25, -0.2) is 0 Å². The summed E-state index contributed by atoms with van der Waals surface area (Å²) in [6, 6.07) is 8.09. The van der Waals surface area contributed by atoms with Crippen molar-refractivity contribution in [3.63, 3.8) is 0 Å². The van der Waals surface area contributed by atoms with Crippen LogP contribution in [0.5, 0.6) is 5.75 Å². The molecule has 1 aromatic carbocycles. The number of carbonyl (C=O) groups is 1. The first-order chi connectivity index (χ1) is 9.24. The highest BCUT2D eigenvalue weighted by Crippen LogP contribution is 2.20. The Bertz CT molecular complexity index is 419. The number of hydrogen-bond donors (Lipinski definition) is 0. The van der Waals surface area contributed by atoms with Crippen LogP contribution in [0.2, 0.25) is 0 Å². The van der Waals surface area contributed by atoms with Crippen molar-refractivity contribution in [2.75, 3.05) is 19.0 Å². The molecular formula is C15H20BrNO2. The van der Waals surface area contributed by atoms with E-state index in [4.69, 9.17) is 4.74 Å². The van der Waals surface area contributed by atoms with Crippen molar-refractivity contribution in [1.29, 1.82) is 0 Å². The van der Waals surface area contributed by atoms with Crippen molar-refractivity contribution < 1.29 is 9.53 Å². The van der Waals surface area contributed by atoms with Crippen molar-refractivity contribution in [3.8, 4) is 5.75 Å². The lowest BCUT2D eigenvalue weighted by atomic mass is 10.0. The third-order valence-electron chi connectivity index (χ3n) is 3.64. The zero-order valence-electron chi connectivity index (χ0n) is 11.3. The number of alkyl halides is 1. The molecule has 19 heavy (non-hydrogen) atoms. The number of hydrogen-bond acceptors (Lipinski definition) is 2. The lowest BCUT2D eigenvalue weighted by molar-refractivity contribution is -0.133. The van der Waals surface area contributed by atoms with Crippen molar-refractivity contribution in [1.82, 2.24) is 4.90 Å². The van der Waals surface area contributed by atoms with Crippen LogP contribution in [0.4, 0.5) is 0 Å². The van der Waals surface area contributed by atoms with Crippen LogP contribution >= 0.6 is 15.9 Å². The predicted octanol–water partition coefficient (Wildman–Crippen LogP) is 3.01. The molecule has 104 valence electrons. The molecule has 4 heteroatoms. The predicted molar refractivity (Wildman–Crippen MR) is 79.8 cm³/mol. The zero-order chi connectivity index (χ0) is 13.7. The average Bonchev–Trinajstić information content (AvgIpc) is 2.48. The number of rotatable bonds is 4. The molecule has 1 unspecified atom stereocenters. The maximum Gasteiger partial charge on any atom is 0.227 e. The number of nitrogens with zero attached hydrogens (tertiary/aromatic N) is 1. The highest BCUT2D eigenvalue weighted by atomic mass is 79.9. The molecule has 0 bridgehead atoms. The molecular weight excluding hydrogens is 306 g/mol. The molecule has 1 heterocycles. The van der Waals surface area contributed by atoms with E-state index >= 15 is 0 Å². The van der Waals surface area contributed by atoms with Gasteiger partial charge in [0.15, 0.2) is 0 Å². The molecule has 1 aliphatic rings. The summed E-state index contributed by atoms with van der Waals surface area (Å²) >= 11 is 3.51. The molecule has 0 saturated carbocycles. The molecule has 1 fully saturated rings. The molecule has 0 radical (unpaired) electrons. The van der Waals surface area contributed by atoms with E-state index in [-0.39, 0.29) is 5.91 Å². The Morgan fingerprint density at radius 2 is 2.11 bits per heavy atom. The second-order valence-corrected chi connectivity index (χ2v) is 5.56. The normalized spacial score (nSPS) is 19.3. The fraction of sp³-hybridized carbons (Fsp3) is 0.533. The summed E-state index contributed by atoms with van der Waals surface area (Å²) in [7, 11) is 1.65. The topological polar surface area (TPSA) is 29.5 Å². The number of halogens is 1. The summed E-state index contributed by atoms with van der Waals surface area (Å²) in [5, 5.41) is 0.876. The average molecular weight is 326 g/mol.